The molecule has 0 N–H and O–H groups in total. The van der Waals surface area contributed by atoms with E-state index in [0.717, 1.165) is 6.42 Å². The second kappa shape index (κ2) is 2.82. The van der Waals surface area contributed by atoms with E-state index in [1.165, 1.54) is 0 Å². The first-order valence-electron chi connectivity index (χ1n) is 2.74. The Balaban J connectivity index is 2.74. The molecule has 0 bridgehead atoms. The molecule has 0 unspecified atom stereocenters. The van der Waals surface area contributed by atoms with E-state index in [1.807, 2.05) is 6.92 Å². The van der Waals surface area contributed by atoms with Gasteiger partial charge in [-0.15, -0.1) is 11.6 Å². The predicted molar refractivity (Wildman–Crippen MR) is 33.2 cm³/mol. The van der Waals surface area contributed by atoms with Crippen LogP contribution in [0, 0.1) is 0 Å². The normalized spacial score (nSPS) is 10.0. The van der Waals surface area contributed by atoms with Crippen LogP contribution >= 0.6 is 11.6 Å². The van der Waals surface area contributed by atoms with Gasteiger partial charge in [0.05, 0.1) is 5.88 Å². The molecular formula is C5H7ClN2O. The maximum Gasteiger partial charge on any atom is 0.226 e. The standard InChI is InChI=1S/C5H7ClN2O/c1-2-5-7-4(3-6)8-9-5/h2-3H2,1H3. The third-order valence-electron chi connectivity index (χ3n) is 0.932. The van der Waals surface area contributed by atoms with Gasteiger partial charge in [-0.3, -0.25) is 0 Å². The van der Waals surface area contributed by atoms with Crippen molar-refractivity contribution in [3.8, 4) is 0 Å². The van der Waals surface area contributed by atoms with Gasteiger partial charge >= 0.3 is 0 Å². The highest BCUT2D eigenvalue weighted by atomic mass is 35.5. The van der Waals surface area contributed by atoms with Crippen LogP contribution in [0.4, 0.5) is 0 Å². The number of halogens is 1. The maximum absolute atomic E-state index is 5.41. The van der Waals surface area contributed by atoms with Gasteiger partial charge in [-0.2, -0.15) is 4.98 Å². The highest BCUT2D eigenvalue weighted by Gasteiger charge is 2.00. The van der Waals surface area contributed by atoms with E-state index in [1.54, 1.807) is 0 Å². The summed E-state index contributed by atoms with van der Waals surface area (Å²) in [6.07, 6.45) is 0.768. The second-order valence-corrected chi connectivity index (χ2v) is 1.86. The van der Waals surface area contributed by atoms with Crippen molar-refractivity contribution in [2.45, 2.75) is 19.2 Å². The molecule has 9 heavy (non-hydrogen) atoms. The summed E-state index contributed by atoms with van der Waals surface area (Å²) in [6.45, 7) is 1.95. The fraction of sp³-hybridized carbons (Fsp3) is 0.600. The Morgan fingerprint density at radius 3 is 2.78 bits per heavy atom. The molecule has 0 saturated heterocycles. The summed E-state index contributed by atoms with van der Waals surface area (Å²) in [5, 5.41) is 3.59. The average Bonchev–Trinajstić information content (AvgIpc) is 2.34. The summed E-state index contributed by atoms with van der Waals surface area (Å²) in [6, 6.07) is 0. The van der Waals surface area contributed by atoms with Crippen LogP contribution < -0.4 is 0 Å². The first kappa shape index (κ1) is 6.55. The molecule has 0 saturated carbocycles. The van der Waals surface area contributed by atoms with Crippen molar-refractivity contribution in [3.05, 3.63) is 11.7 Å². The zero-order valence-electron chi connectivity index (χ0n) is 5.09. The van der Waals surface area contributed by atoms with Crippen LogP contribution in [0.25, 0.3) is 0 Å². The molecule has 3 nitrogen and oxygen atoms in total. The van der Waals surface area contributed by atoms with Gasteiger partial charge in [0.2, 0.25) is 5.89 Å². The summed E-state index contributed by atoms with van der Waals surface area (Å²) in [4.78, 5) is 3.94. The van der Waals surface area contributed by atoms with Gasteiger partial charge in [-0.05, 0) is 0 Å². The van der Waals surface area contributed by atoms with E-state index in [-0.39, 0.29) is 0 Å². The Morgan fingerprint density at radius 1 is 1.67 bits per heavy atom. The molecule has 0 amide bonds. The Labute approximate surface area is 58.0 Å². The zero-order valence-corrected chi connectivity index (χ0v) is 5.85. The Hall–Kier alpha value is -0.570. The van der Waals surface area contributed by atoms with Crippen LogP contribution in [0.5, 0.6) is 0 Å². The van der Waals surface area contributed by atoms with Crippen LogP contribution in [0.2, 0.25) is 0 Å². The first-order valence-corrected chi connectivity index (χ1v) is 3.27. The SMILES string of the molecule is CCc1nc(CCl)no1. The number of aryl methyl sites for hydroxylation is 1. The van der Waals surface area contributed by atoms with E-state index in [2.05, 4.69) is 10.1 Å². The van der Waals surface area contributed by atoms with E-state index >= 15 is 0 Å². The van der Waals surface area contributed by atoms with E-state index in [9.17, 15) is 0 Å². The van der Waals surface area contributed by atoms with Crippen molar-refractivity contribution in [1.82, 2.24) is 10.1 Å². The van der Waals surface area contributed by atoms with Gasteiger partial charge in [-0.1, -0.05) is 12.1 Å². The van der Waals surface area contributed by atoms with Crippen molar-refractivity contribution >= 4 is 11.6 Å². The van der Waals surface area contributed by atoms with E-state index in [0.29, 0.717) is 17.6 Å². The largest absolute Gasteiger partial charge is 0.339 e. The summed E-state index contributed by atoms with van der Waals surface area (Å²) in [7, 11) is 0. The number of hydrogen-bond acceptors (Lipinski definition) is 3. The van der Waals surface area contributed by atoms with Gasteiger partial charge in [-0.25, -0.2) is 0 Å². The molecular weight excluding hydrogens is 140 g/mol. The van der Waals surface area contributed by atoms with Crippen molar-refractivity contribution in [1.29, 1.82) is 0 Å². The van der Waals surface area contributed by atoms with Crippen LogP contribution in [-0.4, -0.2) is 10.1 Å². The van der Waals surface area contributed by atoms with Crippen LogP contribution in [0.3, 0.4) is 0 Å². The lowest BCUT2D eigenvalue weighted by Gasteiger charge is -1.76. The highest BCUT2D eigenvalue weighted by Crippen LogP contribution is 1.99. The summed E-state index contributed by atoms with van der Waals surface area (Å²) in [5.74, 6) is 1.53. The minimum absolute atomic E-state index is 0.323. The molecule has 50 valence electrons. The van der Waals surface area contributed by atoms with Crippen molar-refractivity contribution in [3.63, 3.8) is 0 Å². The number of alkyl halides is 1. The lowest BCUT2D eigenvalue weighted by atomic mass is 10.5. The highest BCUT2D eigenvalue weighted by molar-refractivity contribution is 6.16. The maximum atomic E-state index is 5.41. The fourth-order valence-corrected chi connectivity index (χ4v) is 0.597. The fourth-order valence-electron chi connectivity index (χ4n) is 0.488. The minimum Gasteiger partial charge on any atom is -0.339 e. The van der Waals surface area contributed by atoms with E-state index in [4.69, 9.17) is 16.1 Å². The first-order chi connectivity index (χ1) is 4.36. The predicted octanol–water partition coefficient (Wildman–Crippen LogP) is 1.37. The molecule has 0 spiro atoms. The van der Waals surface area contributed by atoms with Gasteiger partial charge in [0.1, 0.15) is 0 Å². The monoisotopic (exact) mass is 146 g/mol. The minimum atomic E-state index is 0.323. The molecule has 1 aromatic heterocycles. The molecule has 0 aliphatic heterocycles. The molecule has 0 aromatic carbocycles. The molecule has 1 heterocycles. The topological polar surface area (TPSA) is 38.9 Å². The quantitative estimate of drug-likeness (QED) is 0.592. The number of nitrogens with zero attached hydrogens (tertiary/aromatic N) is 2. The Morgan fingerprint density at radius 2 is 2.44 bits per heavy atom. The summed E-state index contributed by atoms with van der Waals surface area (Å²) >= 11 is 5.41. The third-order valence-corrected chi connectivity index (χ3v) is 1.17. The number of aromatic nitrogens is 2. The van der Waals surface area contributed by atoms with Crippen LogP contribution in [-0.2, 0) is 12.3 Å². The van der Waals surface area contributed by atoms with Gasteiger partial charge in [0.15, 0.2) is 5.82 Å². The summed E-state index contributed by atoms with van der Waals surface area (Å²) in [5.41, 5.74) is 0. The lowest BCUT2D eigenvalue weighted by Crippen LogP contribution is -1.81. The smallest absolute Gasteiger partial charge is 0.226 e. The average molecular weight is 147 g/mol. The third kappa shape index (κ3) is 1.42. The Kier molecular flexibility index (Phi) is 2.05. The van der Waals surface area contributed by atoms with Gasteiger partial charge in [0, 0.05) is 6.42 Å². The Bertz CT molecular complexity index is 168. The van der Waals surface area contributed by atoms with Gasteiger partial charge < -0.3 is 4.52 Å². The number of hydrogen-bond donors (Lipinski definition) is 0. The number of rotatable bonds is 2. The van der Waals surface area contributed by atoms with Crippen LogP contribution in [0.15, 0.2) is 4.52 Å². The van der Waals surface area contributed by atoms with Gasteiger partial charge in [0.25, 0.3) is 0 Å². The van der Waals surface area contributed by atoms with Crippen LogP contribution in [0.1, 0.15) is 18.6 Å². The molecule has 0 radical (unpaired) electrons. The molecule has 4 heteroatoms. The van der Waals surface area contributed by atoms with Crippen molar-refractivity contribution < 1.29 is 4.52 Å². The molecule has 0 aliphatic rings. The summed E-state index contributed by atoms with van der Waals surface area (Å²) < 4.78 is 4.76. The molecule has 0 fully saturated rings. The zero-order chi connectivity index (χ0) is 6.69. The molecule has 0 atom stereocenters. The van der Waals surface area contributed by atoms with Crippen molar-refractivity contribution in [2.75, 3.05) is 0 Å². The second-order valence-electron chi connectivity index (χ2n) is 1.59. The molecule has 1 aromatic rings. The van der Waals surface area contributed by atoms with E-state index < -0.39 is 0 Å². The lowest BCUT2D eigenvalue weighted by molar-refractivity contribution is 0.378. The molecule has 0 aliphatic carbocycles. The molecule has 1 rings (SSSR count). The van der Waals surface area contributed by atoms with Crippen molar-refractivity contribution in [2.24, 2.45) is 0 Å².